The quantitative estimate of drug-likeness (QED) is 0.896. The lowest BCUT2D eigenvalue weighted by molar-refractivity contribution is -0.141. The van der Waals surface area contributed by atoms with Crippen molar-refractivity contribution in [2.45, 2.75) is 50.9 Å². The monoisotopic (exact) mass is 329 g/mol. The lowest BCUT2D eigenvalue weighted by Crippen LogP contribution is -2.30. The summed E-state index contributed by atoms with van der Waals surface area (Å²) in [5, 5.41) is 9.54. The SMILES string of the molecule is O=C(O)[C@@H]1CN(C(=O)CCC2CCCCC2)C[C@@H]1c1ccccc1. The van der Waals surface area contributed by atoms with E-state index in [1.165, 1.54) is 32.1 Å². The van der Waals surface area contributed by atoms with E-state index in [-0.39, 0.29) is 11.8 Å². The number of benzene rings is 1. The normalized spacial score (nSPS) is 24.9. The standard InChI is InChI=1S/C20H27NO3/c22-19(12-11-15-7-3-1-4-8-15)21-13-17(18(14-21)20(23)24)16-9-5-2-6-10-16/h2,5-6,9-10,15,17-18H,1,3-4,7-8,11-14H2,(H,23,24)/t17-,18-/m1/s1. The van der Waals surface area contributed by atoms with Crippen LogP contribution in [0.1, 0.15) is 56.4 Å². The first-order chi connectivity index (χ1) is 11.6. The van der Waals surface area contributed by atoms with Crippen LogP contribution in [-0.2, 0) is 9.59 Å². The summed E-state index contributed by atoms with van der Waals surface area (Å²) in [6, 6.07) is 9.73. The first-order valence-corrected chi connectivity index (χ1v) is 9.20. The Morgan fingerprint density at radius 1 is 1.04 bits per heavy atom. The van der Waals surface area contributed by atoms with Crippen molar-refractivity contribution >= 4 is 11.9 Å². The van der Waals surface area contributed by atoms with E-state index in [1.807, 2.05) is 30.3 Å². The molecule has 3 rings (SSSR count). The predicted molar refractivity (Wildman–Crippen MR) is 92.7 cm³/mol. The highest BCUT2D eigenvalue weighted by Gasteiger charge is 2.40. The number of hydrogen-bond donors (Lipinski definition) is 1. The number of carbonyl (C=O) groups excluding carboxylic acids is 1. The number of hydrogen-bond acceptors (Lipinski definition) is 2. The fourth-order valence-electron chi connectivity index (χ4n) is 4.26. The molecule has 1 amide bonds. The largest absolute Gasteiger partial charge is 0.481 e. The van der Waals surface area contributed by atoms with Gasteiger partial charge >= 0.3 is 5.97 Å². The third kappa shape index (κ3) is 3.97. The molecular formula is C20H27NO3. The van der Waals surface area contributed by atoms with Crippen LogP contribution in [0.4, 0.5) is 0 Å². The summed E-state index contributed by atoms with van der Waals surface area (Å²) in [4.78, 5) is 26.0. The maximum atomic E-state index is 12.6. The Balaban J connectivity index is 1.60. The van der Waals surface area contributed by atoms with E-state index >= 15 is 0 Å². The summed E-state index contributed by atoms with van der Waals surface area (Å²) in [5.74, 6) is -0.574. The van der Waals surface area contributed by atoms with Crippen LogP contribution in [0.2, 0.25) is 0 Å². The molecule has 130 valence electrons. The van der Waals surface area contributed by atoms with Crippen LogP contribution in [0.15, 0.2) is 30.3 Å². The molecule has 1 saturated heterocycles. The number of carbonyl (C=O) groups is 2. The fraction of sp³-hybridized carbons (Fsp3) is 0.600. The van der Waals surface area contributed by atoms with E-state index in [2.05, 4.69) is 0 Å². The van der Waals surface area contributed by atoms with Crippen LogP contribution in [-0.4, -0.2) is 35.0 Å². The van der Waals surface area contributed by atoms with Crippen molar-refractivity contribution in [1.29, 1.82) is 0 Å². The lowest BCUT2D eigenvalue weighted by Gasteiger charge is -2.23. The van der Waals surface area contributed by atoms with Crippen molar-refractivity contribution in [2.24, 2.45) is 11.8 Å². The molecule has 2 atom stereocenters. The molecule has 1 aromatic rings. The highest BCUT2D eigenvalue weighted by molar-refractivity contribution is 5.79. The Kier molecular flexibility index (Phi) is 5.54. The maximum absolute atomic E-state index is 12.6. The predicted octanol–water partition coefficient (Wildman–Crippen LogP) is 3.67. The van der Waals surface area contributed by atoms with Gasteiger partial charge in [-0.2, -0.15) is 0 Å². The molecule has 1 N–H and O–H groups in total. The molecule has 0 aromatic heterocycles. The molecule has 1 heterocycles. The molecule has 0 bridgehead atoms. The summed E-state index contributed by atoms with van der Waals surface area (Å²) in [6.07, 6.45) is 7.94. The van der Waals surface area contributed by atoms with Crippen molar-refractivity contribution in [3.8, 4) is 0 Å². The van der Waals surface area contributed by atoms with Crippen LogP contribution in [0.3, 0.4) is 0 Å². The molecule has 2 fully saturated rings. The summed E-state index contributed by atoms with van der Waals surface area (Å²) in [7, 11) is 0. The van der Waals surface area contributed by atoms with Gasteiger partial charge in [0, 0.05) is 25.4 Å². The molecular weight excluding hydrogens is 302 g/mol. The summed E-state index contributed by atoms with van der Waals surface area (Å²) in [6.45, 7) is 0.878. The zero-order valence-electron chi connectivity index (χ0n) is 14.2. The molecule has 4 heteroatoms. The van der Waals surface area contributed by atoms with E-state index in [0.29, 0.717) is 25.4 Å². The number of carboxylic acid groups (broad SMARTS) is 1. The zero-order chi connectivity index (χ0) is 16.9. The van der Waals surface area contributed by atoms with Crippen LogP contribution < -0.4 is 0 Å². The fourth-order valence-corrected chi connectivity index (χ4v) is 4.26. The molecule has 1 saturated carbocycles. The van der Waals surface area contributed by atoms with E-state index in [9.17, 15) is 14.7 Å². The minimum absolute atomic E-state index is 0.0951. The number of amides is 1. The van der Waals surface area contributed by atoms with Gasteiger partial charge in [0.2, 0.25) is 5.91 Å². The minimum Gasteiger partial charge on any atom is -0.481 e. The maximum Gasteiger partial charge on any atom is 0.308 e. The summed E-state index contributed by atoms with van der Waals surface area (Å²) in [5.41, 5.74) is 1.02. The number of rotatable bonds is 5. The second kappa shape index (κ2) is 7.82. The third-order valence-electron chi connectivity index (χ3n) is 5.71. The van der Waals surface area contributed by atoms with Crippen LogP contribution >= 0.6 is 0 Å². The molecule has 24 heavy (non-hydrogen) atoms. The van der Waals surface area contributed by atoms with E-state index in [1.54, 1.807) is 4.90 Å². The number of likely N-dealkylation sites (tertiary alicyclic amines) is 1. The van der Waals surface area contributed by atoms with Gasteiger partial charge in [-0.3, -0.25) is 9.59 Å². The van der Waals surface area contributed by atoms with E-state index in [4.69, 9.17) is 0 Å². The van der Waals surface area contributed by atoms with Crippen molar-refractivity contribution in [1.82, 2.24) is 4.90 Å². The number of carboxylic acids is 1. The average Bonchev–Trinajstić information content (AvgIpc) is 3.07. The molecule has 4 nitrogen and oxygen atoms in total. The Labute approximate surface area is 143 Å². The molecule has 2 aliphatic rings. The van der Waals surface area contributed by atoms with Gasteiger partial charge in [-0.25, -0.2) is 0 Å². The highest BCUT2D eigenvalue weighted by atomic mass is 16.4. The zero-order valence-corrected chi connectivity index (χ0v) is 14.2. The smallest absolute Gasteiger partial charge is 0.308 e. The minimum atomic E-state index is -0.800. The van der Waals surface area contributed by atoms with Crippen molar-refractivity contribution in [3.05, 3.63) is 35.9 Å². The average molecular weight is 329 g/mol. The Morgan fingerprint density at radius 2 is 1.75 bits per heavy atom. The Bertz CT molecular complexity index is 566. The molecule has 1 aromatic carbocycles. The van der Waals surface area contributed by atoms with E-state index in [0.717, 1.165) is 12.0 Å². The highest BCUT2D eigenvalue weighted by Crippen LogP contribution is 2.34. The second-order valence-corrected chi connectivity index (χ2v) is 7.30. The first-order valence-electron chi connectivity index (χ1n) is 9.20. The van der Waals surface area contributed by atoms with Gasteiger partial charge in [-0.05, 0) is 17.9 Å². The van der Waals surface area contributed by atoms with Gasteiger partial charge < -0.3 is 10.0 Å². The van der Waals surface area contributed by atoms with Crippen LogP contribution in [0.5, 0.6) is 0 Å². The van der Waals surface area contributed by atoms with Gasteiger partial charge in [0.15, 0.2) is 0 Å². The lowest BCUT2D eigenvalue weighted by atomic mass is 9.86. The molecule has 1 aliphatic carbocycles. The van der Waals surface area contributed by atoms with E-state index < -0.39 is 11.9 Å². The molecule has 1 aliphatic heterocycles. The topological polar surface area (TPSA) is 57.6 Å². The number of nitrogens with zero attached hydrogens (tertiary/aromatic N) is 1. The summed E-state index contributed by atoms with van der Waals surface area (Å²) < 4.78 is 0. The van der Waals surface area contributed by atoms with Crippen LogP contribution in [0.25, 0.3) is 0 Å². The van der Waals surface area contributed by atoms with Gasteiger partial charge in [0.25, 0.3) is 0 Å². The third-order valence-corrected chi connectivity index (χ3v) is 5.71. The van der Waals surface area contributed by atoms with Gasteiger partial charge in [-0.15, -0.1) is 0 Å². The Morgan fingerprint density at radius 3 is 2.42 bits per heavy atom. The van der Waals surface area contributed by atoms with Crippen molar-refractivity contribution in [3.63, 3.8) is 0 Å². The van der Waals surface area contributed by atoms with Gasteiger partial charge in [0.05, 0.1) is 5.92 Å². The molecule has 0 radical (unpaired) electrons. The van der Waals surface area contributed by atoms with Crippen molar-refractivity contribution in [2.75, 3.05) is 13.1 Å². The van der Waals surface area contributed by atoms with Crippen LogP contribution in [0, 0.1) is 11.8 Å². The van der Waals surface area contributed by atoms with Gasteiger partial charge in [-0.1, -0.05) is 62.4 Å². The summed E-state index contributed by atoms with van der Waals surface area (Å²) >= 11 is 0. The second-order valence-electron chi connectivity index (χ2n) is 7.30. The van der Waals surface area contributed by atoms with Gasteiger partial charge in [0.1, 0.15) is 0 Å². The molecule has 0 spiro atoms. The number of aliphatic carboxylic acids is 1. The Hall–Kier alpha value is -1.84. The molecule has 0 unspecified atom stereocenters. The van der Waals surface area contributed by atoms with Crippen molar-refractivity contribution < 1.29 is 14.7 Å². The first kappa shape index (κ1) is 17.0.